The van der Waals surface area contributed by atoms with Gasteiger partial charge in [0.2, 0.25) is 6.79 Å². The fourth-order valence-electron chi connectivity index (χ4n) is 2.08. The van der Waals surface area contributed by atoms with Crippen LogP contribution in [-0.4, -0.2) is 6.79 Å². The summed E-state index contributed by atoms with van der Waals surface area (Å²) in [5, 5.41) is 12.3. The van der Waals surface area contributed by atoms with E-state index in [2.05, 4.69) is 27.3 Å². The smallest absolute Gasteiger partial charge is 0.231 e. The Morgan fingerprint density at radius 2 is 2.15 bits per heavy atom. The van der Waals surface area contributed by atoms with Crippen LogP contribution in [0.5, 0.6) is 11.5 Å². The van der Waals surface area contributed by atoms with Gasteiger partial charge in [0.25, 0.3) is 0 Å². The number of anilines is 1. The molecule has 0 saturated heterocycles. The van der Waals surface area contributed by atoms with E-state index in [-0.39, 0.29) is 6.79 Å². The molecule has 0 spiro atoms. The first-order valence-electron chi connectivity index (χ1n) is 6.08. The largest absolute Gasteiger partial charge is 0.454 e. The van der Waals surface area contributed by atoms with Crippen LogP contribution in [0.15, 0.2) is 40.9 Å². The second-order valence-electron chi connectivity index (χ2n) is 4.34. The SMILES string of the molecule is N#Cc1cc(Br)cc(NCc2cccc3c2OCO3)c1. The molecular formula is C15H11BrN2O2. The molecular weight excluding hydrogens is 320 g/mol. The van der Waals surface area contributed by atoms with Crippen molar-refractivity contribution in [1.29, 1.82) is 5.26 Å². The zero-order valence-electron chi connectivity index (χ0n) is 10.5. The summed E-state index contributed by atoms with van der Waals surface area (Å²) in [5.41, 5.74) is 2.52. The van der Waals surface area contributed by atoms with Gasteiger partial charge in [0.15, 0.2) is 11.5 Å². The number of ether oxygens (including phenoxy) is 2. The van der Waals surface area contributed by atoms with Gasteiger partial charge >= 0.3 is 0 Å². The lowest BCUT2D eigenvalue weighted by atomic mass is 10.1. The van der Waals surface area contributed by atoms with Crippen molar-refractivity contribution in [2.75, 3.05) is 12.1 Å². The standard InChI is InChI=1S/C15H11BrN2O2/c16-12-4-10(7-17)5-13(6-12)18-8-11-2-1-3-14-15(11)20-9-19-14/h1-6,18H,8-9H2. The first-order chi connectivity index (χ1) is 9.76. The number of nitrogens with zero attached hydrogens (tertiary/aromatic N) is 1. The zero-order chi connectivity index (χ0) is 13.9. The minimum atomic E-state index is 0.266. The molecule has 0 amide bonds. The molecule has 1 N–H and O–H groups in total. The van der Waals surface area contributed by atoms with Crippen molar-refractivity contribution in [3.05, 3.63) is 52.0 Å². The zero-order valence-corrected chi connectivity index (χ0v) is 12.1. The Labute approximate surface area is 125 Å². The maximum Gasteiger partial charge on any atom is 0.231 e. The molecule has 0 fully saturated rings. The molecule has 100 valence electrons. The number of hydrogen-bond donors (Lipinski definition) is 1. The second-order valence-corrected chi connectivity index (χ2v) is 5.26. The molecule has 0 radical (unpaired) electrons. The molecule has 0 unspecified atom stereocenters. The maximum absolute atomic E-state index is 8.96. The number of fused-ring (bicyclic) bond motifs is 1. The van der Waals surface area contributed by atoms with Gasteiger partial charge in [0, 0.05) is 22.3 Å². The van der Waals surface area contributed by atoms with Gasteiger partial charge in [0.05, 0.1) is 11.6 Å². The summed E-state index contributed by atoms with van der Waals surface area (Å²) in [7, 11) is 0. The number of hydrogen-bond acceptors (Lipinski definition) is 4. The minimum Gasteiger partial charge on any atom is -0.454 e. The Bertz CT molecular complexity index is 695. The highest BCUT2D eigenvalue weighted by molar-refractivity contribution is 9.10. The van der Waals surface area contributed by atoms with Crippen molar-refractivity contribution in [2.24, 2.45) is 0 Å². The third-order valence-corrected chi connectivity index (χ3v) is 3.45. The Hall–Kier alpha value is -2.19. The number of nitrogens with one attached hydrogen (secondary N) is 1. The van der Waals surface area contributed by atoms with Crippen molar-refractivity contribution < 1.29 is 9.47 Å². The summed E-state index contributed by atoms with van der Waals surface area (Å²) in [6, 6.07) is 13.5. The molecule has 4 nitrogen and oxygen atoms in total. The lowest BCUT2D eigenvalue weighted by Crippen LogP contribution is -2.01. The van der Waals surface area contributed by atoms with Gasteiger partial charge in [-0.25, -0.2) is 0 Å². The van der Waals surface area contributed by atoms with E-state index in [1.807, 2.05) is 30.3 Å². The van der Waals surface area contributed by atoms with Crippen molar-refractivity contribution in [3.63, 3.8) is 0 Å². The maximum atomic E-state index is 8.96. The Morgan fingerprint density at radius 3 is 3.00 bits per heavy atom. The average Bonchev–Trinajstić information content (AvgIpc) is 2.93. The highest BCUT2D eigenvalue weighted by Crippen LogP contribution is 2.35. The topological polar surface area (TPSA) is 54.3 Å². The van der Waals surface area contributed by atoms with Crippen LogP contribution in [0.1, 0.15) is 11.1 Å². The Balaban J connectivity index is 1.79. The number of benzene rings is 2. The van der Waals surface area contributed by atoms with Gasteiger partial charge in [-0.15, -0.1) is 0 Å². The van der Waals surface area contributed by atoms with Crippen LogP contribution in [0.2, 0.25) is 0 Å². The summed E-state index contributed by atoms with van der Waals surface area (Å²) >= 11 is 3.39. The van der Waals surface area contributed by atoms with Gasteiger partial charge in [-0.05, 0) is 24.3 Å². The Kier molecular flexibility index (Phi) is 3.48. The summed E-state index contributed by atoms with van der Waals surface area (Å²) in [5.74, 6) is 1.56. The third kappa shape index (κ3) is 2.56. The minimum absolute atomic E-state index is 0.266. The average molecular weight is 331 g/mol. The van der Waals surface area contributed by atoms with Crippen LogP contribution in [0, 0.1) is 11.3 Å². The van der Waals surface area contributed by atoms with Crippen LogP contribution in [0.25, 0.3) is 0 Å². The van der Waals surface area contributed by atoms with Gasteiger partial charge < -0.3 is 14.8 Å². The van der Waals surface area contributed by atoms with Crippen LogP contribution >= 0.6 is 15.9 Å². The summed E-state index contributed by atoms with van der Waals surface area (Å²) in [6.45, 7) is 0.871. The number of para-hydroxylation sites is 1. The molecule has 5 heteroatoms. The molecule has 2 aromatic rings. The fraction of sp³-hybridized carbons (Fsp3) is 0.133. The lowest BCUT2D eigenvalue weighted by Gasteiger charge is -2.09. The number of halogens is 1. The van der Waals surface area contributed by atoms with Crippen molar-refractivity contribution in [2.45, 2.75) is 6.54 Å². The predicted molar refractivity (Wildman–Crippen MR) is 78.7 cm³/mol. The first kappa shape index (κ1) is 12.8. The molecule has 0 bridgehead atoms. The molecule has 3 rings (SSSR count). The van der Waals surface area contributed by atoms with E-state index >= 15 is 0 Å². The summed E-state index contributed by atoms with van der Waals surface area (Å²) < 4.78 is 11.7. The van der Waals surface area contributed by atoms with Crippen LogP contribution in [0.4, 0.5) is 5.69 Å². The molecule has 2 aromatic carbocycles. The van der Waals surface area contributed by atoms with Crippen LogP contribution in [-0.2, 0) is 6.54 Å². The Morgan fingerprint density at radius 1 is 1.25 bits per heavy atom. The molecule has 0 atom stereocenters. The summed E-state index contributed by atoms with van der Waals surface area (Å²) in [6.07, 6.45) is 0. The van der Waals surface area contributed by atoms with E-state index in [1.165, 1.54) is 0 Å². The van der Waals surface area contributed by atoms with Gasteiger partial charge in [-0.3, -0.25) is 0 Å². The van der Waals surface area contributed by atoms with Crippen molar-refractivity contribution in [3.8, 4) is 17.6 Å². The quantitative estimate of drug-likeness (QED) is 0.933. The van der Waals surface area contributed by atoms with E-state index < -0.39 is 0 Å². The highest BCUT2D eigenvalue weighted by Gasteiger charge is 2.16. The van der Waals surface area contributed by atoms with Crippen molar-refractivity contribution in [1.82, 2.24) is 0 Å². The first-order valence-corrected chi connectivity index (χ1v) is 6.87. The van der Waals surface area contributed by atoms with E-state index in [0.29, 0.717) is 12.1 Å². The monoisotopic (exact) mass is 330 g/mol. The van der Waals surface area contributed by atoms with Gasteiger partial charge in [0.1, 0.15) is 0 Å². The third-order valence-electron chi connectivity index (χ3n) is 2.99. The number of nitriles is 1. The van der Waals surface area contributed by atoms with Gasteiger partial charge in [-0.2, -0.15) is 5.26 Å². The molecule has 20 heavy (non-hydrogen) atoms. The lowest BCUT2D eigenvalue weighted by molar-refractivity contribution is 0.173. The second kappa shape index (κ2) is 5.43. The van der Waals surface area contributed by atoms with E-state index in [4.69, 9.17) is 14.7 Å². The predicted octanol–water partition coefficient (Wildman–Crippen LogP) is 3.66. The molecule has 0 aliphatic carbocycles. The van der Waals surface area contributed by atoms with Crippen molar-refractivity contribution >= 4 is 21.6 Å². The fourth-order valence-corrected chi connectivity index (χ4v) is 2.58. The van der Waals surface area contributed by atoms with E-state index in [0.717, 1.165) is 27.2 Å². The summed E-state index contributed by atoms with van der Waals surface area (Å²) in [4.78, 5) is 0. The van der Waals surface area contributed by atoms with Crippen LogP contribution < -0.4 is 14.8 Å². The van der Waals surface area contributed by atoms with E-state index in [9.17, 15) is 0 Å². The van der Waals surface area contributed by atoms with E-state index in [1.54, 1.807) is 6.07 Å². The number of rotatable bonds is 3. The molecule has 1 aliphatic heterocycles. The molecule has 0 aromatic heterocycles. The normalized spacial score (nSPS) is 12.0. The van der Waals surface area contributed by atoms with Gasteiger partial charge in [-0.1, -0.05) is 28.1 Å². The molecule has 0 saturated carbocycles. The molecule has 1 heterocycles. The molecule has 1 aliphatic rings. The van der Waals surface area contributed by atoms with Crippen LogP contribution in [0.3, 0.4) is 0 Å². The highest BCUT2D eigenvalue weighted by atomic mass is 79.9.